The van der Waals surface area contributed by atoms with Crippen molar-refractivity contribution in [2.45, 2.75) is 6.92 Å². The van der Waals surface area contributed by atoms with Crippen molar-refractivity contribution in [1.29, 1.82) is 0 Å². The van der Waals surface area contributed by atoms with E-state index in [0.29, 0.717) is 16.9 Å². The first kappa shape index (κ1) is 14.9. The monoisotopic (exact) mass is 387 g/mol. The molecule has 0 bridgehead atoms. The van der Waals surface area contributed by atoms with Crippen LogP contribution in [0.1, 0.15) is 5.69 Å². The number of aryl methyl sites for hydroxylation is 2. The van der Waals surface area contributed by atoms with E-state index < -0.39 is 5.69 Å². The van der Waals surface area contributed by atoms with E-state index in [9.17, 15) is 9.59 Å². The van der Waals surface area contributed by atoms with Crippen molar-refractivity contribution in [2.24, 2.45) is 14.1 Å². The molecule has 4 aromatic rings. The van der Waals surface area contributed by atoms with Crippen LogP contribution in [0.2, 0.25) is 0 Å². The fourth-order valence-corrected chi connectivity index (χ4v) is 3.48. The number of aromatic nitrogens is 5. The van der Waals surface area contributed by atoms with Gasteiger partial charge in [0.25, 0.3) is 5.56 Å². The van der Waals surface area contributed by atoms with Crippen molar-refractivity contribution < 1.29 is 0 Å². The highest BCUT2D eigenvalue weighted by Crippen LogP contribution is 2.26. The Kier molecular flexibility index (Phi) is 3.08. The van der Waals surface area contributed by atoms with E-state index in [1.165, 1.54) is 11.6 Å². The van der Waals surface area contributed by atoms with Crippen molar-refractivity contribution in [1.82, 2.24) is 23.1 Å². The largest absolute Gasteiger partial charge is 0.332 e. The van der Waals surface area contributed by atoms with E-state index in [2.05, 4.69) is 20.9 Å². The molecule has 0 atom stereocenters. The molecule has 0 spiro atoms. The second-order valence-electron chi connectivity index (χ2n) is 5.72. The first-order chi connectivity index (χ1) is 11.4. The molecule has 0 aliphatic carbocycles. The molecule has 4 rings (SSSR count). The number of benzene rings is 1. The highest BCUT2D eigenvalue weighted by Gasteiger charge is 2.20. The van der Waals surface area contributed by atoms with Crippen LogP contribution in [0.4, 0.5) is 0 Å². The average Bonchev–Trinajstić information content (AvgIpc) is 3.06. The molecule has 0 radical (unpaired) electrons. The number of fused-ring (bicyclic) bond motifs is 3. The second-order valence-corrected chi connectivity index (χ2v) is 6.57. The van der Waals surface area contributed by atoms with Crippen LogP contribution < -0.4 is 11.2 Å². The molecule has 0 amide bonds. The first-order valence-corrected chi connectivity index (χ1v) is 8.12. The summed E-state index contributed by atoms with van der Waals surface area (Å²) in [5, 5.41) is 0. The summed E-state index contributed by atoms with van der Waals surface area (Å²) >= 11 is 3.55. The molecule has 0 N–H and O–H groups in total. The van der Waals surface area contributed by atoms with Crippen molar-refractivity contribution in [3.8, 4) is 5.69 Å². The molecule has 0 saturated carbocycles. The second kappa shape index (κ2) is 4.94. The van der Waals surface area contributed by atoms with E-state index in [4.69, 9.17) is 0 Å². The van der Waals surface area contributed by atoms with E-state index in [0.717, 1.165) is 20.4 Å². The molecule has 7 nitrogen and oxygen atoms in total. The molecular formula is C16H14BrN5O2. The summed E-state index contributed by atoms with van der Waals surface area (Å²) in [4.78, 5) is 29.3. The normalized spacial score (nSPS) is 11.7. The number of hydrogen-bond acceptors (Lipinski definition) is 3. The van der Waals surface area contributed by atoms with Gasteiger partial charge in [0.05, 0.1) is 5.69 Å². The number of para-hydroxylation sites is 1. The van der Waals surface area contributed by atoms with Gasteiger partial charge >= 0.3 is 5.69 Å². The Hall–Kier alpha value is -2.61. The highest BCUT2D eigenvalue weighted by molar-refractivity contribution is 9.10. The average molecular weight is 388 g/mol. The minimum atomic E-state index is -0.391. The Morgan fingerprint density at radius 1 is 1.08 bits per heavy atom. The number of nitrogens with zero attached hydrogens (tertiary/aromatic N) is 5. The lowest BCUT2D eigenvalue weighted by molar-refractivity contribution is 0.708. The van der Waals surface area contributed by atoms with Gasteiger partial charge < -0.3 is 0 Å². The zero-order chi connectivity index (χ0) is 17.2. The van der Waals surface area contributed by atoms with Gasteiger partial charge in [-0.1, -0.05) is 12.1 Å². The topological polar surface area (TPSA) is 66.2 Å². The maximum Gasteiger partial charge on any atom is 0.332 e. The van der Waals surface area contributed by atoms with Crippen LogP contribution >= 0.6 is 15.9 Å². The van der Waals surface area contributed by atoms with Crippen molar-refractivity contribution in [3.63, 3.8) is 0 Å². The van der Waals surface area contributed by atoms with Crippen LogP contribution in [0.5, 0.6) is 0 Å². The molecule has 0 saturated heterocycles. The van der Waals surface area contributed by atoms with Crippen molar-refractivity contribution in [2.75, 3.05) is 0 Å². The van der Waals surface area contributed by atoms with Gasteiger partial charge in [0.2, 0.25) is 5.78 Å². The highest BCUT2D eigenvalue weighted by atomic mass is 79.9. The van der Waals surface area contributed by atoms with Gasteiger partial charge in [-0.3, -0.25) is 22.9 Å². The first-order valence-electron chi connectivity index (χ1n) is 7.33. The van der Waals surface area contributed by atoms with Crippen LogP contribution in [0.3, 0.4) is 0 Å². The van der Waals surface area contributed by atoms with Gasteiger partial charge in [-0.2, -0.15) is 4.98 Å². The maximum absolute atomic E-state index is 12.6. The number of rotatable bonds is 1. The molecule has 0 unspecified atom stereocenters. The minimum absolute atomic E-state index is 0.357. The lowest BCUT2D eigenvalue weighted by atomic mass is 10.3. The molecule has 8 heteroatoms. The van der Waals surface area contributed by atoms with E-state index in [-0.39, 0.29) is 5.56 Å². The van der Waals surface area contributed by atoms with Gasteiger partial charge in [0, 0.05) is 30.5 Å². The van der Waals surface area contributed by atoms with Crippen molar-refractivity contribution in [3.05, 3.63) is 61.5 Å². The molecule has 3 aromatic heterocycles. The van der Waals surface area contributed by atoms with Crippen molar-refractivity contribution >= 4 is 32.9 Å². The molecular weight excluding hydrogens is 374 g/mol. The molecule has 0 aliphatic heterocycles. The van der Waals surface area contributed by atoms with E-state index >= 15 is 0 Å². The lowest BCUT2D eigenvalue weighted by Crippen LogP contribution is -2.37. The van der Waals surface area contributed by atoms with Gasteiger partial charge in [0.1, 0.15) is 0 Å². The Balaban J connectivity index is 2.24. The number of halogens is 1. The van der Waals surface area contributed by atoms with Gasteiger partial charge in [-0.25, -0.2) is 4.79 Å². The lowest BCUT2D eigenvalue weighted by Gasteiger charge is -2.07. The number of imidazole rings is 2. The fourth-order valence-electron chi connectivity index (χ4n) is 3.02. The smallest absolute Gasteiger partial charge is 0.282 e. The fraction of sp³-hybridized carbons (Fsp3) is 0.188. The van der Waals surface area contributed by atoms with Crippen LogP contribution in [0.15, 0.2) is 44.5 Å². The quantitative estimate of drug-likeness (QED) is 0.499. The molecule has 3 heterocycles. The summed E-state index contributed by atoms with van der Waals surface area (Å²) in [6.45, 7) is 1.95. The maximum atomic E-state index is 12.6. The molecule has 1 aromatic carbocycles. The summed E-state index contributed by atoms with van der Waals surface area (Å²) < 4.78 is 7.10. The summed E-state index contributed by atoms with van der Waals surface area (Å²) in [7, 11) is 3.09. The Morgan fingerprint density at radius 2 is 1.79 bits per heavy atom. The van der Waals surface area contributed by atoms with Crippen LogP contribution in [-0.4, -0.2) is 23.1 Å². The SMILES string of the molecule is Cc1cn2c3c(=O)n(C)c(=O)n(C)c3nc2n1-c1ccccc1Br. The van der Waals surface area contributed by atoms with Gasteiger partial charge in [-0.05, 0) is 35.0 Å². The Morgan fingerprint density at radius 3 is 2.50 bits per heavy atom. The minimum Gasteiger partial charge on any atom is -0.282 e. The summed E-state index contributed by atoms with van der Waals surface area (Å²) in [5.74, 6) is 0.590. The summed E-state index contributed by atoms with van der Waals surface area (Å²) in [6.07, 6.45) is 1.86. The Bertz CT molecular complexity index is 1240. The van der Waals surface area contributed by atoms with E-state index in [1.807, 2.05) is 42.0 Å². The third kappa shape index (κ3) is 1.80. The van der Waals surface area contributed by atoms with Crippen LogP contribution in [-0.2, 0) is 14.1 Å². The number of hydrogen-bond donors (Lipinski definition) is 0. The van der Waals surface area contributed by atoms with Crippen LogP contribution in [0, 0.1) is 6.92 Å². The zero-order valence-electron chi connectivity index (χ0n) is 13.3. The third-order valence-corrected chi connectivity index (χ3v) is 4.91. The molecule has 122 valence electrons. The molecule has 24 heavy (non-hydrogen) atoms. The summed E-state index contributed by atoms with van der Waals surface area (Å²) in [5.41, 5.74) is 1.87. The standard InChI is InChI=1S/C16H14BrN5O2/c1-9-8-21-12-13(19(2)16(24)20(3)14(12)23)18-15(21)22(9)11-7-5-4-6-10(11)17/h4-8H,1-3H3. The third-order valence-electron chi connectivity index (χ3n) is 4.23. The van der Waals surface area contributed by atoms with Gasteiger partial charge in [-0.15, -0.1) is 0 Å². The van der Waals surface area contributed by atoms with Crippen LogP contribution in [0.25, 0.3) is 22.6 Å². The summed E-state index contributed by atoms with van der Waals surface area (Å²) in [6, 6.07) is 7.79. The van der Waals surface area contributed by atoms with E-state index in [1.54, 1.807) is 11.4 Å². The predicted molar refractivity (Wildman–Crippen MR) is 94.9 cm³/mol. The van der Waals surface area contributed by atoms with Gasteiger partial charge in [0.15, 0.2) is 11.2 Å². The molecule has 0 fully saturated rings. The zero-order valence-corrected chi connectivity index (χ0v) is 14.9. The Labute approximate surface area is 144 Å². The molecule has 0 aliphatic rings. The predicted octanol–water partition coefficient (Wildman–Crippen LogP) is 1.75.